The van der Waals surface area contributed by atoms with Crippen LogP contribution in [0.1, 0.15) is 22.2 Å². The minimum atomic E-state index is -0.158. The average molecular weight is 406 g/mol. The number of likely N-dealkylation sites (N-methyl/N-ethyl adjacent to an activating group) is 1. The Bertz CT molecular complexity index is 899. The van der Waals surface area contributed by atoms with Gasteiger partial charge in [0.15, 0.2) is 5.82 Å². The largest absolute Gasteiger partial charge is 0.334 e. The van der Waals surface area contributed by atoms with Gasteiger partial charge in [-0.1, -0.05) is 17.3 Å². The molecule has 1 atom stereocenters. The molecule has 0 saturated carbocycles. The van der Waals surface area contributed by atoms with Crippen LogP contribution in [0.5, 0.6) is 0 Å². The van der Waals surface area contributed by atoms with Crippen LogP contribution in [0.2, 0.25) is 0 Å². The number of nitrogens with one attached hydrogen (secondary N) is 2. The summed E-state index contributed by atoms with van der Waals surface area (Å²) in [7, 11) is 2.05. The first-order valence-corrected chi connectivity index (χ1v) is 9.34. The Kier molecular flexibility index (Phi) is 6.22. The Labute approximate surface area is 167 Å². The van der Waals surface area contributed by atoms with Crippen LogP contribution in [-0.2, 0) is 0 Å². The van der Waals surface area contributed by atoms with Crippen molar-refractivity contribution in [2.75, 3.05) is 32.0 Å². The summed E-state index contributed by atoms with van der Waals surface area (Å²) in [5.41, 5.74) is 1.99. The van der Waals surface area contributed by atoms with Crippen molar-refractivity contribution in [2.24, 2.45) is 0 Å². The predicted molar refractivity (Wildman–Crippen MR) is 107 cm³/mol. The molecule has 0 aliphatic carbocycles. The minimum Gasteiger partial charge on any atom is -0.334 e. The number of hydrogen-bond acceptors (Lipinski definition) is 7. The number of para-hydroxylation sites is 1. The summed E-state index contributed by atoms with van der Waals surface area (Å²) < 4.78 is 5.50. The van der Waals surface area contributed by atoms with Gasteiger partial charge in [-0.3, -0.25) is 9.69 Å². The molecule has 2 N–H and O–H groups in total. The number of piperazine rings is 1. The Morgan fingerprint density at radius 1 is 1.37 bits per heavy atom. The van der Waals surface area contributed by atoms with Gasteiger partial charge in [0.25, 0.3) is 11.8 Å². The summed E-state index contributed by atoms with van der Waals surface area (Å²) in [6, 6.07) is 9.31. The molecule has 0 bridgehead atoms. The van der Waals surface area contributed by atoms with Gasteiger partial charge in [0.2, 0.25) is 0 Å². The van der Waals surface area contributed by atoms with Crippen molar-refractivity contribution in [3.8, 4) is 11.5 Å². The van der Waals surface area contributed by atoms with Crippen LogP contribution < -0.4 is 10.6 Å². The molecule has 3 heterocycles. The van der Waals surface area contributed by atoms with Gasteiger partial charge < -0.3 is 15.2 Å². The van der Waals surface area contributed by atoms with Crippen molar-refractivity contribution in [2.45, 2.75) is 6.04 Å². The van der Waals surface area contributed by atoms with Crippen molar-refractivity contribution >= 4 is 35.3 Å². The van der Waals surface area contributed by atoms with Crippen LogP contribution in [0.4, 0.5) is 5.69 Å². The molecule has 1 saturated heterocycles. The molecule has 1 unspecified atom stereocenters. The van der Waals surface area contributed by atoms with E-state index in [4.69, 9.17) is 4.52 Å². The van der Waals surface area contributed by atoms with E-state index in [2.05, 4.69) is 32.7 Å². The number of amides is 1. The summed E-state index contributed by atoms with van der Waals surface area (Å²) in [6.07, 6.45) is 0. The van der Waals surface area contributed by atoms with E-state index in [0.717, 1.165) is 19.6 Å². The molecular formula is C18H20ClN5O2S. The highest BCUT2D eigenvalue weighted by Gasteiger charge is 2.26. The van der Waals surface area contributed by atoms with E-state index in [-0.39, 0.29) is 24.4 Å². The lowest BCUT2D eigenvalue weighted by Gasteiger charge is -2.30. The highest BCUT2D eigenvalue weighted by Crippen LogP contribution is 2.29. The quantitative estimate of drug-likeness (QED) is 0.694. The number of benzene rings is 1. The molecule has 0 radical (unpaired) electrons. The summed E-state index contributed by atoms with van der Waals surface area (Å²) in [4.78, 5) is 19.1. The van der Waals surface area contributed by atoms with Gasteiger partial charge in [0, 0.05) is 25.0 Å². The molecule has 9 heteroatoms. The maximum Gasteiger partial charge on any atom is 0.260 e. The molecule has 1 amide bonds. The number of nitrogens with zero attached hydrogens (tertiary/aromatic N) is 3. The maximum absolute atomic E-state index is 12.4. The van der Waals surface area contributed by atoms with E-state index < -0.39 is 0 Å². The number of thiophene rings is 1. The fraction of sp³-hybridized carbons (Fsp3) is 0.278. The van der Waals surface area contributed by atoms with Crippen LogP contribution in [-0.4, -0.2) is 47.6 Å². The Balaban J connectivity index is 0.00000210. The minimum absolute atomic E-state index is 0. The molecule has 7 nitrogen and oxygen atoms in total. The Morgan fingerprint density at radius 2 is 2.22 bits per heavy atom. The number of hydrogen-bond donors (Lipinski definition) is 2. The number of halogens is 1. The molecule has 4 rings (SSSR count). The lowest BCUT2D eigenvalue weighted by molar-refractivity contribution is 0.102. The van der Waals surface area contributed by atoms with Gasteiger partial charge in [-0.25, -0.2) is 0 Å². The van der Waals surface area contributed by atoms with Crippen molar-refractivity contribution in [3.63, 3.8) is 0 Å². The topological polar surface area (TPSA) is 83.3 Å². The van der Waals surface area contributed by atoms with Crippen LogP contribution >= 0.6 is 23.7 Å². The number of anilines is 1. The number of aromatic nitrogens is 2. The number of carbonyl (C=O) groups excluding carboxylic acids is 1. The highest BCUT2D eigenvalue weighted by atomic mass is 35.5. The summed E-state index contributed by atoms with van der Waals surface area (Å²) in [5.74, 6) is 0.892. The third-order valence-electron chi connectivity index (χ3n) is 4.44. The molecule has 3 aromatic rings. The smallest absolute Gasteiger partial charge is 0.260 e. The molecule has 142 valence electrons. The molecule has 0 spiro atoms. The molecule has 1 aliphatic rings. The van der Waals surface area contributed by atoms with Gasteiger partial charge in [0.1, 0.15) is 0 Å². The van der Waals surface area contributed by atoms with Crippen molar-refractivity contribution in [1.82, 2.24) is 20.4 Å². The van der Waals surface area contributed by atoms with Crippen LogP contribution in [0.25, 0.3) is 11.5 Å². The van der Waals surface area contributed by atoms with Gasteiger partial charge >= 0.3 is 0 Å². The second kappa shape index (κ2) is 8.62. The van der Waals surface area contributed by atoms with E-state index in [9.17, 15) is 4.79 Å². The molecule has 1 aliphatic heterocycles. The molecule has 1 fully saturated rings. The van der Waals surface area contributed by atoms with E-state index in [1.165, 1.54) is 11.3 Å². The number of carbonyl (C=O) groups is 1. The van der Waals surface area contributed by atoms with E-state index in [0.29, 0.717) is 28.5 Å². The summed E-state index contributed by atoms with van der Waals surface area (Å²) >= 11 is 1.49. The third-order valence-corrected chi connectivity index (χ3v) is 5.12. The lowest BCUT2D eigenvalue weighted by Crippen LogP contribution is -2.44. The summed E-state index contributed by atoms with van der Waals surface area (Å²) in [6.45, 7) is 2.67. The zero-order valence-electron chi connectivity index (χ0n) is 14.7. The maximum atomic E-state index is 12.4. The first-order chi connectivity index (χ1) is 12.7. The van der Waals surface area contributed by atoms with Crippen LogP contribution in [0, 0.1) is 0 Å². The van der Waals surface area contributed by atoms with Gasteiger partial charge in [-0.15, -0.1) is 12.4 Å². The second-order valence-corrected chi connectivity index (χ2v) is 6.95. The van der Waals surface area contributed by atoms with Crippen molar-refractivity contribution in [1.29, 1.82) is 0 Å². The Morgan fingerprint density at radius 3 is 3.00 bits per heavy atom. The molecule has 2 aromatic heterocycles. The summed E-state index contributed by atoms with van der Waals surface area (Å²) in [5, 5.41) is 14.1. The zero-order chi connectivity index (χ0) is 17.9. The first-order valence-electron chi connectivity index (χ1n) is 8.40. The molecule has 27 heavy (non-hydrogen) atoms. The van der Waals surface area contributed by atoms with Crippen LogP contribution in [0.15, 0.2) is 45.6 Å². The first kappa shape index (κ1) is 19.5. The normalized spacial score (nSPS) is 17.3. The monoisotopic (exact) mass is 405 g/mol. The third kappa shape index (κ3) is 4.19. The van der Waals surface area contributed by atoms with Crippen molar-refractivity contribution < 1.29 is 9.32 Å². The van der Waals surface area contributed by atoms with E-state index in [1.54, 1.807) is 6.07 Å². The fourth-order valence-corrected chi connectivity index (χ4v) is 3.58. The SMILES string of the molecule is CN1CCNCC1c1noc(-c2ccccc2NC(=O)c2ccsc2)n1.Cl. The Hall–Kier alpha value is -2.26. The molecule has 1 aromatic carbocycles. The lowest BCUT2D eigenvalue weighted by atomic mass is 10.1. The van der Waals surface area contributed by atoms with Gasteiger partial charge in [-0.05, 0) is 30.6 Å². The standard InChI is InChI=1S/C18H19N5O2S.ClH/c1-23-8-7-19-10-15(23)16-21-18(25-22-16)13-4-2-3-5-14(13)20-17(24)12-6-9-26-11-12;/h2-6,9,11,15,19H,7-8,10H2,1H3,(H,20,24);1H. The van der Waals surface area contributed by atoms with E-state index >= 15 is 0 Å². The van der Waals surface area contributed by atoms with E-state index in [1.807, 2.05) is 35.0 Å². The van der Waals surface area contributed by atoms with Crippen molar-refractivity contribution in [3.05, 3.63) is 52.5 Å². The van der Waals surface area contributed by atoms with Gasteiger partial charge in [-0.2, -0.15) is 16.3 Å². The second-order valence-electron chi connectivity index (χ2n) is 6.17. The fourth-order valence-electron chi connectivity index (χ4n) is 2.94. The van der Waals surface area contributed by atoms with Gasteiger partial charge in [0.05, 0.1) is 22.9 Å². The predicted octanol–water partition coefficient (Wildman–Crippen LogP) is 3.05. The van der Waals surface area contributed by atoms with Crippen LogP contribution in [0.3, 0.4) is 0 Å². The number of rotatable bonds is 4. The highest BCUT2D eigenvalue weighted by molar-refractivity contribution is 7.08. The average Bonchev–Trinajstić information content (AvgIpc) is 3.35. The molecular weight excluding hydrogens is 386 g/mol. The zero-order valence-corrected chi connectivity index (χ0v) is 16.3.